The maximum absolute atomic E-state index is 13.3. The van der Waals surface area contributed by atoms with Crippen molar-refractivity contribution in [3.63, 3.8) is 0 Å². The highest BCUT2D eigenvalue weighted by Crippen LogP contribution is 2.38. The van der Waals surface area contributed by atoms with Gasteiger partial charge in [0.15, 0.2) is 0 Å². The summed E-state index contributed by atoms with van der Waals surface area (Å²) in [6.45, 7) is 4.40. The van der Waals surface area contributed by atoms with Crippen molar-refractivity contribution in [3.8, 4) is 0 Å². The first kappa shape index (κ1) is 17.5. The molecule has 2 heterocycles. The summed E-state index contributed by atoms with van der Waals surface area (Å²) in [5.41, 5.74) is -0.319. The summed E-state index contributed by atoms with van der Waals surface area (Å²) in [7, 11) is 0. The van der Waals surface area contributed by atoms with Crippen molar-refractivity contribution in [2.45, 2.75) is 13.1 Å². The number of halogens is 3. The van der Waals surface area contributed by atoms with E-state index in [2.05, 4.69) is 10.3 Å². The summed E-state index contributed by atoms with van der Waals surface area (Å²) >= 11 is 0. The van der Waals surface area contributed by atoms with Crippen molar-refractivity contribution >= 4 is 22.6 Å². The largest absolute Gasteiger partial charge is 0.462 e. The highest BCUT2D eigenvalue weighted by molar-refractivity contribution is 6.06. The number of nitrogens with one attached hydrogen (secondary N) is 1. The molecule has 0 atom stereocenters. The molecule has 1 aliphatic heterocycles. The normalized spacial score (nSPS) is 15.4. The SMILES string of the molecule is CCOC(=O)c1cnc2c(C(F)(F)F)cccc2c1N1CCNCC1. The minimum atomic E-state index is -4.52. The predicted molar refractivity (Wildman–Crippen MR) is 87.8 cm³/mol. The second-order valence-electron chi connectivity index (χ2n) is 5.68. The zero-order valence-electron chi connectivity index (χ0n) is 13.7. The average molecular weight is 353 g/mol. The molecular weight excluding hydrogens is 335 g/mol. The number of carbonyl (C=O) groups excluding carboxylic acids is 1. The Morgan fingerprint density at radius 2 is 2.04 bits per heavy atom. The third-order valence-corrected chi connectivity index (χ3v) is 4.10. The number of rotatable bonds is 3. The number of hydrogen-bond donors (Lipinski definition) is 1. The molecule has 0 saturated carbocycles. The van der Waals surface area contributed by atoms with E-state index in [9.17, 15) is 18.0 Å². The van der Waals surface area contributed by atoms with Crippen molar-refractivity contribution < 1.29 is 22.7 Å². The fourth-order valence-electron chi connectivity index (χ4n) is 3.03. The monoisotopic (exact) mass is 353 g/mol. The lowest BCUT2D eigenvalue weighted by atomic mass is 10.0. The van der Waals surface area contributed by atoms with Crippen LogP contribution in [-0.4, -0.2) is 43.7 Å². The van der Waals surface area contributed by atoms with E-state index in [1.54, 1.807) is 13.0 Å². The molecule has 0 unspecified atom stereocenters. The molecule has 0 bridgehead atoms. The van der Waals surface area contributed by atoms with E-state index >= 15 is 0 Å². The van der Waals surface area contributed by atoms with E-state index < -0.39 is 17.7 Å². The number of aromatic nitrogens is 1. The van der Waals surface area contributed by atoms with Crippen LogP contribution in [0.2, 0.25) is 0 Å². The van der Waals surface area contributed by atoms with E-state index in [0.717, 1.165) is 6.07 Å². The minimum absolute atomic E-state index is 0.156. The lowest BCUT2D eigenvalue weighted by Crippen LogP contribution is -2.44. The van der Waals surface area contributed by atoms with Crippen molar-refractivity contribution in [1.29, 1.82) is 0 Å². The van der Waals surface area contributed by atoms with Gasteiger partial charge in [-0.15, -0.1) is 0 Å². The highest BCUT2D eigenvalue weighted by atomic mass is 19.4. The van der Waals surface area contributed by atoms with Crippen LogP contribution >= 0.6 is 0 Å². The van der Waals surface area contributed by atoms with Gasteiger partial charge >= 0.3 is 12.1 Å². The van der Waals surface area contributed by atoms with Crippen LogP contribution < -0.4 is 10.2 Å². The maximum Gasteiger partial charge on any atom is 0.418 e. The number of carbonyl (C=O) groups is 1. The Morgan fingerprint density at radius 1 is 1.32 bits per heavy atom. The first-order chi connectivity index (χ1) is 11.9. The summed E-state index contributed by atoms with van der Waals surface area (Å²) in [4.78, 5) is 18.2. The van der Waals surface area contributed by atoms with Crippen molar-refractivity contribution in [3.05, 3.63) is 35.5 Å². The van der Waals surface area contributed by atoms with Gasteiger partial charge in [-0.2, -0.15) is 13.2 Å². The van der Waals surface area contributed by atoms with Crippen LogP contribution in [0.4, 0.5) is 18.9 Å². The molecule has 0 amide bonds. The zero-order valence-corrected chi connectivity index (χ0v) is 13.7. The standard InChI is InChI=1S/C17H18F3N3O2/c1-2-25-16(24)12-10-22-14-11(4-3-5-13(14)17(18,19)20)15(12)23-8-6-21-7-9-23/h3-5,10,21H,2,6-9H2,1H3. The molecule has 0 spiro atoms. The number of anilines is 1. The van der Waals surface area contributed by atoms with Gasteiger partial charge in [0.25, 0.3) is 0 Å². The number of pyridine rings is 1. The van der Waals surface area contributed by atoms with E-state index in [1.165, 1.54) is 12.3 Å². The molecule has 3 rings (SSSR count). The van der Waals surface area contributed by atoms with Crippen LogP contribution in [0.5, 0.6) is 0 Å². The van der Waals surface area contributed by atoms with Crippen LogP contribution in [0, 0.1) is 0 Å². The Bertz CT molecular complexity index is 787. The van der Waals surface area contributed by atoms with Crippen LogP contribution in [0.25, 0.3) is 10.9 Å². The van der Waals surface area contributed by atoms with Crippen LogP contribution in [0.1, 0.15) is 22.8 Å². The van der Waals surface area contributed by atoms with Crippen molar-refractivity contribution in [2.75, 3.05) is 37.7 Å². The number of para-hydroxylation sites is 1. The zero-order chi connectivity index (χ0) is 18.0. The Kier molecular flexibility index (Phi) is 4.80. The first-order valence-electron chi connectivity index (χ1n) is 8.05. The van der Waals surface area contributed by atoms with Gasteiger partial charge in [0.2, 0.25) is 0 Å². The topological polar surface area (TPSA) is 54.5 Å². The third-order valence-electron chi connectivity index (χ3n) is 4.10. The number of piperazine rings is 1. The average Bonchev–Trinajstić information content (AvgIpc) is 2.60. The molecule has 2 aromatic rings. The number of hydrogen-bond acceptors (Lipinski definition) is 5. The minimum Gasteiger partial charge on any atom is -0.462 e. The van der Waals surface area contributed by atoms with Crippen molar-refractivity contribution in [1.82, 2.24) is 10.3 Å². The summed E-state index contributed by atoms with van der Waals surface area (Å²) in [6.07, 6.45) is -3.33. The van der Waals surface area contributed by atoms with Gasteiger partial charge in [-0.05, 0) is 13.0 Å². The predicted octanol–water partition coefficient (Wildman–Crippen LogP) is 2.84. The summed E-state index contributed by atoms with van der Waals surface area (Å²) in [5, 5.41) is 3.50. The van der Waals surface area contributed by atoms with Crippen LogP contribution in [0.15, 0.2) is 24.4 Å². The molecule has 134 valence electrons. The number of esters is 1. The molecule has 8 heteroatoms. The molecule has 5 nitrogen and oxygen atoms in total. The molecule has 1 saturated heterocycles. The molecule has 0 radical (unpaired) electrons. The molecule has 1 N–H and O–H groups in total. The van der Waals surface area contributed by atoms with Crippen molar-refractivity contribution in [2.24, 2.45) is 0 Å². The van der Waals surface area contributed by atoms with E-state index in [0.29, 0.717) is 37.3 Å². The molecule has 0 aliphatic carbocycles. The lowest BCUT2D eigenvalue weighted by molar-refractivity contribution is -0.136. The third kappa shape index (κ3) is 3.39. The quantitative estimate of drug-likeness (QED) is 0.860. The maximum atomic E-state index is 13.3. The fourth-order valence-corrected chi connectivity index (χ4v) is 3.03. The molecule has 1 aromatic carbocycles. The van der Waals surface area contributed by atoms with Crippen LogP contribution in [-0.2, 0) is 10.9 Å². The lowest BCUT2D eigenvalue weighted by Gasteiger charge is -2.31. The Hall–Kier alpha value is -2.35. The van der Waals surface area contributed by atoms with Gasteiger partial charge in [0.1, 0.15) is 5.56 Å². The number of fused-ring (bicyclic) bond motifs is 1. The molecule has 25 heavy (non-hydrogen) atoms. The molecule has 1 aromatic heterocycles. The number of benzene rings is 1. The molecular formula is C17H18F3N3O2. The second-order valence-corrected chi connectivity index (χ2v) is 5.68. The summed E-state index contributed by atoms with van der Waals surface area (Å²) in [6, 6.07) is 3.91. The van der Waals surface area contributed by atoms with Gasteiger partial charge in [0.05, 0.1) is 23.4 Å². The number of nitrogens with zero attached hydrogens (tertiary/aromatic N) is 2. The van der Waals surface area contributed by atoms with Gasteiger partial charge in [-0.25, -0.2) is 4.79 Å². The Morgan fingerprint density at radius 3 is 2.68 bits per heavy atom. The Balaban J connectivity index is 2.24. The molecule has 1 aliphatic rings. The van der Waals surface area contributed by atoms with Gasteiger partial charge in [-0.3, -0.25) is 4.98 Å². The first-order valence-corrected chi connectivity index (χ1v) is 8.05. The highest BCUT2D eigenvalue weighted by Gasteiger charge is 2.34. The Labute approximate surface area is 142 Å². The smallest absolute Gasteiger partial charge is 0.418 e. The fraction of sp³-hybridized carbons (Fsp3) is 0.412. The van der Waals surface area contributed by atoms with E-state index in [-0.39, 0.29) is 17.7 Å². The van der Waals surface area contributed by atoms with Crippen LogP contribution in [0.3, 0.4) is 0 Å². The number of alkyl halides is 3. The number of ether oxygens (including phenoxy) is 1. The molecule has 1 fully saturated rings. The van der Waals surface area contributed by atoms with E-state index in [4.69, 9.17) is 4.74 Å². The second kappa shape index (κ2) is 6.87. The summed E-state index contributed by atoms with van der Waals surface area (Å²) in [5.74, 6) is -0.581. The van der Waals surface area contributed by atoms with Gasteiger partial charge in [0, 0.05) is 37.8 Å². The van der Waals surface area contributed by atoms with Gasteiger partial charge < -0.3 is 15.0 Å². The summed E-state index contributed by atoms with van der Waals surface area (Å²) < 4.78 is 45.0. The van der Waals surface area contributed by atoms with E-state index in [1.807, 2.05) is 4.90 Å². The van der Waals surface area contributed by atoms with Gasteiger partial charge in [-0.1, -0.05) is 12.1 Å².